The predicted molar refractivity (Wildman–Crippen MR) is 107 cm³/mol. The molecule has 2 aromatic carbocycles. The van der Waals surface area contributed by atoms with Gasteiger partial charge in [0.15, 0.2) is 0 Å². The molecule has 0 bridgehead atoms. The van der Waals surface area contributed by atoms with E-state index in [4.69, 9.17) is 16.3 Å². The highest BCUT2D eigenvalue weighted by Crippen LogP contribution is 2.29. The van der Waals surface area contributed by atoms with Crippen LogP contribution in [0.15, 0.2) is 58.3 Å². The SMILES string of the molecule is CC(NS(=O)(=O)c1cccc(Cl)c1)C(=O)OCCN1C(=O)c2ccccc2S1(=O)=O. The van der Waals surface area contributed by atoms with E-state index in [-0.39, 0.29) is 20.4 Å². The second-order valence-corrected chi connectivity index (χ2v) is 10.3. The molecular formula is C18H17ClN2O7S2. The van der Waals surface area contributed by atoms with Gasteiger partial charge in [0.05, 0.1) is 17.0 Å². The Kier molecular flexibility index (Phi) is 6.18. The molecule has 1 atom stereocenters. The first-order valence-electron chi connectivity index (χ1n) is 8.64. The largest absolute Gasteiger partial charge is 0.463 e. The summed E-state index contributed by atoms with van der Waals surface area (Å²) in [5.41, 5.74) is 0.0477. The number of carbonyl (C=O) groups is 2. The Morgan fingerprint density at radius 2 is 1.90 bits per heavy atom. The van der Waals surface area contributed by atoms with E-state index in [2.05, 4.69) is 4.72 Å². The van der Waals surface area contributed by atoms with Crippen LogP contribution in [-0.4, -0.2) is 52.2 Å². The van der Waals surface area contributed by atoms with Gasteiger partial charge in [-0.2, -0.15) is 4.72 Å². The number of hydrogen-bond donors (Lipinski definition) is 1. The van der Waals surface area contributed by atoms with Gasteiger partial charge < -0.3 is 4.74 Å². The second-order valence-electron chi connectivity index (χ2n) is 6.35. The van der Waals surface area contributed by atoms with Crippen LogP contribution >= 0.6 is 11.6 Å². The second kappa shape index (κ2) is 8.34. The number of fused-ring (bicyclic) bond motifs is 1. The lowest BCUT2D eigenvalue weighted by Crippen LogP contribution is -2.41. The molecule has 1 amide bonds. The van der Waals surface area contributed by atoms with Gasteiger partial charge in [0.2, 0.25) is 10.0 Å². The van der Waals surface area contributed by atoms with Crippen LogP contribution in [0.1, 0.15) is 17.3 Å². The van der Waals surface area contributed by atoms with Crippen LogP contribution in [0, 0.1) is 0 Å². The normalized spacial score (nSPS) is 16.2. The molecular weight excluding hydrogens is 456 g/mol. The molecule has 160 valence electrons. The highest BCUT2D eigenvalue weighted by molar-refractivity contribution is 7.90. The van der Waals surface area contributed by atoms with Gasteiger partial charge in [0.1, 0.15) is 17.5 Å². The minimum atomic E-state index is -4.03. The van der Waals surface area contributed by atoms with E-state index < -0.39 is 51.1 Å². The van der Waals surface area contributed by atoms with E-state index in [1.54, 1.807) is 6.07 Å². The Morgan fingerprint density at radius 1 is 1.20 bits per heavy atom. The molecule has 0 saturated heterocycles. The Hall–Kier alpha value is -2.47. The third-order valence-corrected chi connectivity index (χ3v) is 7.86. The van der Waals surface area contributed by atoms with E-state index in [0.717, 1.165) is 0 Å². The molecule has 12 heteroatoms. The van der Waals surface area contributed by atoms with Crippen molar-refractivity contribution >= 4 is 43.5 Å². The Morgan fingerprint density at radius 3 is 2.57 bits per heavy atom. The molecule has 1 aliphatic rings. The number of carbonyl (C=O) groups excluding carboxylic acids is 2. The van der Waals surface area contributed by atoms with E-state index in [9.17, 15) is 26.4 Å². The van der Waals surface area contributed by atoms with Crippen molar-refractivity contribution in [1.82, 2.24) is 9.03 Å². The maximum atomic E-state index is 12.4. The van der Waals surface area contributed by atoms with Crippen molar-refractivity contribution in [3.8, 4) is 0 Å². The number of ether oxygens (including phenoxy) is 1. The molecule has 9 nitrogen and oxygen atoms in total. The van der Waals surface area contributed by atoms with Gasteiger partial charge in [0.25, 0.3) is 15.9 Å². The number of halogens is 1. The monoisotopic (exact) mass is 472 g/mol. The van der Waals surface area contributed by atoms with Gasteiger partial charge in [-0.1, -0.05) is 29.8 Å². The minimum absolute atomic E-state index is 0.0477. The highest BCUT2D eigenvalue weighted by atomic mass is 35.5. The molecule has 1 unspecified atom stereocenters. The molecule has 30 heavy (non-hydrogen) atoms. The maximum absolute atomic E-state index is 12.4. The first-order chi connectivity index (χ1) is 14.0. The van der Waals surface area contributed by atoms with Crippen molar-refractivity contribution in [3.05, 3.63) is 59.1 Å². The summed E-state index contributed by atoms with van der Waals surface area (Å²) < 4.78 is 57.3. The highest BCUT2D eigenvalue weighted by Gasteiger charge is 2.40. The Bertz CT molecular complexity index is 1210. The van der Waals surface area contributed by atoms with Gasteiger partial charge >= 0.3 is 5.97 Å². The summed E-state index contributed by atoms with van der Waals surface area (Å²) in [6, 6.07) is 10.0. The van der Waals surface area contributed by atoms with Crippen molar-refractivity contribution in [2.45, 2.75) is 22.8 Å². The molecule has 0 spiro atoms. The number of nitrogens with zero attached hydrogens (tertiary/aromatic N) is 1. The summed E-state index contributed by atoms with van der Waals surface area (Å²) in [6.45, 7) is 0.453. The lowest BCUT2D eigenvalue weighted by Gasteiger charge is -2.17. The first-order valence-corrected chi connectivity index (χ1v) is 11.9. The van der Waals surface area contributed by atoms with Crippen LogP contribution in [0.3, 0.4) is 0 Å². The van der Waals surface area contributed by atoms with E-state index in [0.29, 0.717) is 4.31 Å². The van der Waals surface area contributed by atoms with Crippen molar-refractivity contribution in [2.24, 2.45) is 0 Å². The molecule has 3 rings (SSSR count). The van der Waals surface area contributed by atoms with Gasteiger partial charge in [-0.05, 0) is 37.3 Å². The van der Waals surface area contributed by atoms with Gasteiger partial charge in [-0.3, -0.25) is 9.59 Å². The predicted octanol–water partition coefficient (Wildman–Crippen LogP) is 1.39. The van der Waals surface area contributed by atoms with Crippen LogP contribution in [0.4, 0.5) is 0 Å². The van der Waals surface area contributed by atoms with Gasteiger partial charge in [-0.15, -0.1) is 0 Å². The average Bonchev–Trinajstić information content (AvgIpc) is 2.88. The minimum Gasteiger partial charge on any atom is -0.463 e. The molecule has 0 aliphatic carbocycles. The fourth-order valence-electron chi connectivity index (χ4n) is 2.79. The lowest BCUT2D eigenvalue weighted by atomic mass is 10.2. The third-order valence-electron chi connectivity index (χ3n) is 4.24. The Balaban J connectivity index is 1.59. The van der Waals surface area contributed by atoms with Crippen LogP contribution in [0.5, 0.6) is 0 Å². The van der Waals surface area contributed by atoms with E-state index in [1.165, 1.54) is 49.4 Å². The zero-order valence-corrected chi connectivity index (χ0v) is 18.0. The topological polar surface area (TPSA) is 127 Å². The zero-order chi connectivity index (χ0) is 22.1. The number of benzene rings is 2. The Labute approximate surface area is 178 Å². The zero-order valence-electron chi connectivity index (χ0n) is 15.6. The average molecular weight is 473 g/mol. The summed E-state index contributed by atoms with van der Waals surface area (Å²) in [7, 11) is -8.04. The number of sulfonamides is 2. The van der Waals surface area contributed by atoms with E-state index in [1.807, 2.05) is 0 Å². The summed E-state index contributed by atoms with van der Waals surface area (Å²) in [6.07, 6.45) is 0. The number of esters is 1. The van der Waals surface area contributed by atoms with Crippen LogP contribution in [-0.2, 0) is 29.6 Å². The standard InChI is InChI=1S/C18H17ClN2O7S2/c1-12(20-29(24,25)14-6-4-5-13(19)11-14)18(23)28-10-9-21-17(22)15-7-2-3-8-16(15)30(21,26)27/h2-8,11-12,20H,9-10H2,1H3. The summed E-state index contributed by atoms with van der Waals surface area (Å²) in [5.74, 6) is -1.64. The molecule has 0 radical (unpaired) electrons. The first kappa shape index (κ1) is 22.2. The van der Waals surface area contributed by atoms with Crippen molar-refractivity contribution in [1.29, 1.82) is 0 Å². The van der Waals surface area contributed by atoms with Crippen molar-refractivity contribution < 1.29 is 31.2 Å². The van der Waals surface area contributed by atoms with Gasteiger partial charge in [0, 0.05) is 5.02 Å². The molecule has 0 fully saturated rings. The molecule has 1 aliphatic heterocycles. The number of nitrogens with one attached hydrogen (secondary N) is 1. The summed E-state index contributed by atoms with van der Waals surface area (Å²) in [5, 5.41) is 0.214. The molecule has 1 heterocycles. The number of hydrogen-bond acceptors (Lipinski definition) is 7. The molecule has 0 saturated carbocycles. The summed E-state index contributed by atoms with van der Waals surface area (Å²) in [4.78, 5) is 24.2. The molecule has 0 aromatic heterocycles. The molecule has 1 N–H and O–H groups in total. The van der Waals surface area contributed by atoms with Crippen molar-refractivity contribution in [3.63, 3.8) is 0 Å². The van der Waals surface area contributed by atoms with Gasteiger partial charge in [-0.25, -0.2) is 21.1 Å². The van der Waals surface area contributed by atoms with Crippen LogP contribution < -0.4 is 4.72 Å². The fraction of sp³-hybridized carbons (Fsp3) is 0.222. The molecule has 2 aromatic rings. The summed E-state index contributed by atoms with van der Waals surface area (Å²) >= 11 is 5.78. The van der Waals surface area contributed by atoms with Crippen LogP contribution in [0.25, 0.3) is 0 Å². The van der Waals surface area contributed by atoms with Crippen molar-refractivity contribution in [2.75, 3.05) is 13.2 Å². The quantitative estimate of drug-likeness (QED) is 0.603. The van der Waals surface area contributed by atoms with E-state index >= 15 is 0 Å². The third kappa shape index (κ3) is 4.33. The lowest BCUT2D eigenvalue weighted by molar-refractivity contribution is -0.145. The maximum Gasteiger partial charge on any atom is 0.323 e. The van der Waals surface area contributed by atoms with Crippen LogP contribution in [0.2, 0.25) is 5.02 Å². The smallest absolute Gasteiger partial charge is 0.323 e. The number of rotatable bonds is 7. The number of amides is 1. The fourth-order valence-corrected chi connectivity index (χ4v) is 5.83.